The van der Waals surface area contributed by atoms with Crippen molar-refractivity contribution in [3.8, 4) is 11.5 Å². The highest BCUT2D eigenvalue weighted by atomic mass is 35.5. The Balaban J connectivity index is 1.55. The van der Waals surface area contributed by atoms with Gasteiger partial charge in [-0.05, 0) is 67.8 Å². The van der Waals surface area contributed by atoms with Gasteiger partial charge in [0.25, 0.3) is 0 Å². The summed E-state index contributed by atoms with van der Waals surface area (Å²) in [6.45, 7) is 6.55. The van der Waals surface area contributed by atoms with Crippen LogP contribution in [0.3, 0.4) is 0 Å². The van der Waals surface area contributed by atoms with Crippen LogP contribution in [0.5, 0.6) is 0 Å². The molecule has 1 aliphatic heterocycles. The Labute approximate surface area is 233 Å². The molecule has 1 N–H and O–H groups in total. The first-order chi connectivity index (χ1) is 18.9. The van der Waals surface area contributed by atoms with Gasteiger partial charge in [0.15, 0.2) is 0 Å². The van der Waals surface area contributed by atoms with E-state index in [0.717, 1.165) is 46.0 Å². The summed E-state index contributed by atoms with van der Waals surface area (Å²) < 4.78 is 4.20. The third-order valence-electron chi connectivity index (χ3n) is 7.40. The Hall–Kier alpha value is -4.29. The standard InChI is InChI=1S/C32H30ClN5O/c1-4-27-26-20-37(32(39)34-28-19-24(33)17-14-22(28)3)30(23-15-12-21(2)13-16-23)29-11-8-18-36(29)31(26)38(35-27)25-9-6-5-7-10-25/h5-19,30H,4,20H2,1-3H3,(H,34,39)/t30-/m0/s1. The normalized spacial score (nSPS) is 14.5. The molecule has 0 unspecified atom stereocenters. The third kappa shape index (κ3) is 4.51. The van der Waals surface area contributed by atoms with Gasteiger partial charge in [-0.1, -0.05) is 72.6 Å². The predicted octanol–water partition coefficient (Wildman–Crippen LogP) is 7.63. The molecule has 5 aromatic rings. The maximum Gasteiger partial charge on any atom is 0.322 e. The van der Waals surface area contributed by atoms with E-state index in [1.165, 1.54) is 5.56 Å². The number of para-hydroxylation sites is 1. The summed E-state index contributed by atoms with van der Waals surface area (Å²) in [6.07, 6.45) is 2.81. The summed E-state index contributed by atoms with van der Waals surface area (Å²) in [7, 11) is 0. The van der Waals surface area contributed by atoms with Gasteiger partial charge in [0, 0.05) is 22.5 Å². The lowest BCUT2D eigenvalue weighted by atomic mass is 10.0. The molecule has 3 aromatic carbocycles. The van der Waals surface area contributed by atoms with Crippen molar-refractivity contribution in [1.82, 2.24) is 19.2 Å². The Morgan fingerprint density at radius 3 is 2.51 bits per heavy atom. The topological polar surface area (TPSA) is 55.1 Å². The first-order valence-corrected chi connectivity index (χ1v) is 13.6. The number of carbonyl (C=O) groups excluding carboxylic acids is 1. The number of rotatable bonds is 4. The molecule has 2 aromatic heterocycles. The fourth-order valence-electron chi connectivity index (χ4n) is 5.36. The maximum atomic E-state index is 14.2. The molecule has 6 nitrogen and oxygen atoms in total. The molecule has 1 aliphatic rings. The summed E-state index contributed by atoms with van der Waals surface area (Å²) >= 11 is 6.29. The van der Waals surface area contributed by atoms with Gasteiger partial charge in [-0.3, -0.25) is 0 Å². The quantitative estimate of drug-likeness (QED) is 0.257. The number of urea groups is 1. The molecule has 3 heterocycles. The molecule has 0 saturated carbocycles. The van der Waals surface area contributed by atoms with Gasteiger partial charge >= 0.3 is 6.03 Å². The molecule has 0 bridgehead atoms. The van der Waals surface area contributed by atoms with Gasteiger partial charge < -0.3 is 14.8 Å². The zero-order chi connectivity index (χ0) is 27.1. The Bertz CT molecular complexity index is 1650. The van der Waals surface area contributed by atoms with Crippen molar-refractivity contribution in [2.75, 3.05) is 5.32 Å². The summed E-state index contributed by atoms with van der Waals surface area (Å²) in [6, 6.07) is 27.8. The van der Waals surface area contributed by atoms with E-state index in [9.17, 15) is 4.79 Å². The number of halogens is 1. The van der Waals surface area contributed by atoms with Gasteiger partial charge in [-0.2, -0.15) is 5.10 Å². The minimum atomic E-state index is -0.318. The lowest BCUT2D eigenvalue weighted by Crippen LogP contribution is -2.38. The molecule has 0 spiro atoms. The Kier molecular flexibility index (Phi) is 6.49. The number of benzene rings is 3. The average molecular weight is 536 g/mol. The summed E-state index contributed by atoms with van der Waals surface area (Å²) in [4.78, 5) is 16.1. The van der Waals surface area contributed by atoms with Gasteiger partial charge in [0.1, 0.15) is 5.82 Å². The van der Waals surface area contributed by atoms with Crippen molar-refractivity contribution in [3.63, 3.8) is 0 Å². The number of nitrogens with zero attached hydrogens (tertiary/aromatic N) is 4. The average Bonchev–Trinajstić information content (AvgIpc) is 3.53. The van der Waals surface area contributed by atoms with Crippen LogP contribution < -0.4 is 5.32 Å². The molecule has 6 rings (SSSR count). The number of aromatic nitrogens is 3. The third-order valence-corrected chi connectivity index (χ3v) is 7.63. The highest BCUT2D eigenvalue weighted by Crippen LogP contribution is 2.39. The van der Waals surface area contributed by atoms with Crippen molar-refractivity contribution in [2.24, 2.45) is 0 Å². The van der Waals surface area contributed by atoms with Crippen molar-refractivity contribution in [3.05, 3.63) is 130 Å². The fourth-order valence-corrected chi connectivity index (χ4v) is 5.54. The zero-order valence-electron chi connectivity index (χ0n) is 22.2. The molecule has 0 aliphatic carbocycles. The van der Waals surface area contributed by atoms with Crippen molar-refractivity contribution in [2.45, 2.75) is 39.8 Å². The van der Waals surface area contributed by atoms with Crippen LogP contribution in [0.4, 0.5) is 10.5 Å². The minimum absolute atomic E-state index is 0.193. The molecule has 7 heteroatoms. The highest BCUT2D eigenvalue weighted by molar-refractivity contribution is 6.31. The smallest absolute Gasteiger partial charge is 0.307 e. The number of hydrogen-bond acceptors (Lipinski definition) is 2. The Morgan fingerprint density at radius 1 is 1.00 bits per heavy atom. The molecule has 39 heavy (non-hydrogen) atoms. The second-order valence-electron chi connectivity index (χ2n) is 9.98. The largest absolute Gasteiger partial charge is 0.322 e. The van der Waals surface area contributed by atoms with Crippen LogP contribution >= 0.6 is 11.6 Å². The van der Waals surface area contributed by atoms with Crippen LogP contribution in [0.25, 0.3) is 11.5 Å². The monoisotopic (exact) mass is 535 g/mol. The van der Waals surface area contributed by atoms with Gasteiger partial charge in [-0.15, -0.1) is 0 Å². The van der Waals surface area contributed by atoms with Crippen molar-refractivity contribution in [1.29, 1.82) is 0 Å². The predicted molar refractivity (Wildman–Crippen MR) is 156 cm³/mol. The van der Waals surface area contributed by atoms with E-state index in [1.807, 2.05) is 52.9 Å². The van der Waals surface area contributed by atoms with Crippen molar-refractivity contribution < 1.29 is 4.79 Å². The lowest BCUT2D eigenvalue weighted by Gasteiger charge is -2.31. The first-order valence-electron chi connectivity index (χ1n) is 13.2. The SMILES string of the molecule is CCc1nn(-c2ccccc2)c2c1CN(C(=O)Nc1cc(Cl)ccc1C)[C@@H](c1ccc(C)cc1)c1cccn1-2. The van der Waals surface area contributed by atoms with E-state index >= 15 is 0 Å². The van der Waals surface area contributed by atoms with E-state index < -0.39 is 0 Å². The summed E-state index contributed by atoms with van der Waals surface area (Å²) in [5, 5.41) is 8.77. The fraction of sp³-hybridized carbons (Fsp3) is 0.188. The number of fused-ring (bicyclic) bond motifs is 3. The molecular formula is C32H30ClN5O. The van der Waals surface area contributed by atoms with Crippen LogP contribution in [0.2, 0.25) is 5.02 Å². The zero-order valence-corrected chi connectivity index (χ0v) is 23.0. The Morgan fingerprint density at radius 2 is 1.77 bits per heavy atom. The number of aryl methyl sites for hydroxylation is 3. The van der Waals surface area contributed by atoms with E-state index in [0.29, 0.717) is 17.3 Å². The van der Waals surface area contributed by atoms with E-state index in [4.69, 9.17) is 16.7 Å². The second kappa shape index (κ2) is 10.1. The number of amides is 2. The van der Waals surface area contributed by atoms with E-state index in [-0.39, 0.29) is 12.1 Å². The van der Waals surface area contributed by atoms with Crippen LogP contribution in [-0.2, 0) is 13.0 Å². The molecular weight excluding hydrogens is 506 g/mol. The number of anilines is 1. The second-order valence-corrected chi connectivity index (χ2v) is 10.4. The van der Waals surface area contributed by atoms with Gasteiger partial charge in [0.05, 0.1) is 29.7 Å². The van der Waals surface area contributed by atoms with Gasteiger partial charge in [-0.25, -0.2) is 9.48 Å². The molecule has 1 atom stereocenters. The molecule has 196 valence electrons. The summed E-state index contributed by atoms with van der Waals surface area (Å²) in [5.41, 5.74) is 7.84. The molecule has 0 fully saturated rings. The van der Waals surface area contributed by atoms with E-state index in [2.05, 4.69) is 72.4 Å². The number of carbonyl (C=O) groups is 1. The molecule has 0 saturated heterocycles. The number of nitrogens with one attached hydrogen (secondary N) is 1. The highest BCUT2D eigenvalue weighted by Gasteiger charge is 2.36. The first kappa shape index (κ1) is 25.0. The summed E-state index contributed by atoms with van der Waals surface area (Å²) in [5.74, 6) is 0.962. The van der Waals surface area contributed by atoms with Crippen LogP contribution in [0, 0.1) is 13.8 Å². The van der Waals surface area contributed by atoms with Crippen LogP contribution in [0.1, 0.15) is 46.6 Å². The molecule has 2 amide bonds. The minimum Gasteiger partial charge on any atom is -0.307 e. The lowest BCUT2D eigenvalue weighted by molar-refractivity contribution is 0.194. The maximum absolute atomic E-state index is 14.2. The molecule has 0 radical (unpaired) electrons. The number of hydrogen-bond donors (Lipinski definition) is 1. The van der Waals surface area contributed by atoms with Gasteiger partial charge in [0.2, 0.25) is 0 Å². The van der Waals surface area contributed by atoms with E-state index in [1.54, 1.807) is 6.07 Å². The van der Waals surface area contributed by atoms with Crippen LogP contribution in [-0.4, -0.2) is 25.3 Å². The van der Waals surface area contributed by atoms with Crippen LogP contribution in [0.15, 0.2) is 91.1 Å². The van der Waals surface area contributed by atoms with Crippen molar-refractivity contribution >= 4 is 23.3 Å².